The zero-order valence-electron chi connectivity index (χ0n) is 10.4. The van der Waals surface area contributed by atoms with Crippen molar-refractivity contribution in [3.05, 3.63) is 27.7 Å². The molecule has 0 heterocycles. The monoisotopic (exact) mass is 297 g/mol. The minimum absolute atomic E-state index is 0.0344. The van der Waals surface area contributed by atoms with Crippen LogP contribution in [0, 0.1) is 0 Å². The van der Waals surface area contributed by atoms with Gasteiger partial charge in [0.1, 0.15) is 5.75 Å². The summed E-state index contributed by atoms with van der Waals surface area (Å²) in [5.41, 5.74) is 0.347. The van der Waals surface area contributed by atoms with Crippen LogP contribution < -0.4 is 10.1 Å². The van der Waals surface area contributed by atoms with Crippen LogP contribution in [0.5, 0.6) is 5.75 Å². The van der Waals surface area contributed by atoms with Gasteiger partial charge in [0.2, 0.25) is 0 Å². The Morgan fingerprint density at radius 1 is 1.28 bits per heavy atom. The molecular weight excluding hydrogens is 283 g/mol. The molecule has 0 spiro atoms. The Hall–Kier alpha value is -0.580. The van der Waals surface area contributed by atoms with Crippen molar-refractivity contribution in [2.24, 2.45) is 0 Å². The lowest BCUT2D eigenvalue weighted by Gasteiger charge is -2.22. The highest BCUT2D eigenvalue weighted by Crippen LogP contribution is 2.33. The van der Waals surface area contributed by atoms with Crippen molar-refractivity contribution in [2.45, 2.75) is 39.5 Å². The quantitative estimate of drug-likeness (QED) is 0.884. The average Bonchev–Trinajstić information content (AvgIpc) is 2.17. The number of alkyl halides is 2. The highest BCUT2D eigenvalue weighted by molar-refractivity contribution is 6.35. The maximum Gasteiger partial charge on any atom is 0.387 e. The molecule has 0 saturated carbocycles. The molecule has 0 atom stereocenters. The van der Waals surface area contributed by atoms with Gasteiger partial charge in [-0.25, -0.2) is 0 Å². The Kier molecular flexibility index (Phi) is 5.20. The van der Waals surface area contributed by atoms with Crippen molar-refractivity contribution in [2.75, 3.05) is 0 Å². The van der Waals surface area contributed by atoms with Crippen molar-refractivity contribution >= 4 is 23.2 Å². The molecule has 0 aliphatic rings. The molecule has 0 bridgehead atoms. The Morgan fingerprint density at radius 3 is 2.39 bits per heavy atom. The van der Waals surface area contributed by atoms with Gasteiger partial charge in [-0.05, 0) is 32.9 Å². The maximum absolute atomic E-state index is 12.3. The molecule has 0 saturated heterocycles. The Balaban J connectivity index is 3.00. The van der Waals surface area contributed by atoms with E-state index >= 15 is 0 Å². The van der Waals surface area contributed by atoms with Gasteiger partial charge >= 0.3 is 6.61 Å². The van der Waals surface area contributed by atoms with Crippen molar-refractivity contribution in [3.63, 3.8) is 0 Å². The highest BCUT2D eigenvalue weighted by Gasteiger charge is 2.17. The van der Waals surface area contributed by atoms with Gasteiger partial charge in [-0.2, -0.15) is 8.78 Å². The first-order valence-electron chi connectivity index (χ1n) is 5.37. The minimum Gasteiger partial charge on any atom is -0.433 e. The molecule has 18 heavy (non-hydrogen) atoms. The fourth-order valence-corrected chi connectivity index (χ4v) is 1.91. The minimum atomic E-state index is -2.92. The third-order valence-electron chi connectivity index (χ3n) is 2.10. The lowest BCUT2D eigenvalue weighted by atomic mass is 10.1. The molecule has 1 aromatic rings. The van der Waals surface area contributed by atoms with Gasteiger partial charge in [-0.1, -0.05) is 23.2 Å². The zero-order valence-corrected chi connectivity index (χ0v) is 11.9. The fourth-order valence-electron chi connectivity index (χ4n) is 1.33. The van der Waals surface area contributed by atoms with Gasteiger partial charge in [0, 0.05) is 22.7 Å². The second-order valence-corrected chi connectivity index (χ2v) is 5.70. The molecule has 0 radical (unpaired) electrons. The first-order chi connectivity index (χ1) is 8.19. The van der Waals surface area contributed by atoms with Crippen molar-refractivity contribution < 1.29 is 13.5 Å². The van der Waals surface area contributed by atoms with Gasteiger partial charge in [-0.3, -0.25) is 0 Å². The van der Waals surface area contributed by atoms with E-state index in [9.17, 15) is 8.78 Å². The molecular formula is C12H15Cl2F2NO. The van der Waals surface area contributed by atoms with E-state index in [0.717, 1.165) is 0 Å². The third kappa shape index (κ3) is 4.96. The van der Waals surface area contributed by atoms with E-state index in [1.165, 1.54) is 6.07 Å². The predicted octanol–water partition coefficient (Wildman–Crippen LogP) is 4.48. The van der Waals surface area contributed by atoms with Crippen LogP contribution in [0.3, 0.4) is 0 Å². The smallest absolute Gasteiger partial charge is 0.387 e. The van der Waals surface area contributed by atoms with Gasteiger partial charge in [0.25, 0.3) is 0 Å². The molecule has 2 nitrogen and oxygen atoms in total. The van der Waals surface area contributed by atoms with Crippen LogP contribution in [0.4, 0.5) is 8.78 Å². The summed E-state index contributed by atoms with van der Waals surface area (Å²) in [6.45, 7) is 3.31. The number of benzene rings is 1. The molecule has 0 aliphatic heterocycles. The second kappa shape index (κ2) is 6.04. The van der Waals surface area contributed by atoms with E-state index in [1.54, 1.807) is 6.07 Å². The van der Waals surface area contributed by atoms with E-state index < -0.39 is 6.61 Å². The lowest BCUT2D eigenvalue weighted by molar-refractivity contribution is -0.0504. The Bertz CT molecular complexity index is 419. The number of hydrogen-bond donors (Lipinski definition) is 1. The van der Waals surface area contributed by atoms with E-state index in [-0.39, 0.29) is 16.3 Å². The number of rotatable bonds is 4. The third-order valence-corrected chi connectivity index (χ3v) is 2.60. The molecule has 1 rings (SSSR count). The largest absolute Gasteiger partial charge is 0.433 e. The van der Waals surface area contributed by atoms with Crippen molar-refractivity contribution in [1.82, 2.24) is 5.32 Å². The molecule has 0 aromatic heterocycles. The highest BCUT2D eigenvalue weighted by atomic mass is 35.5. The molecule has 6 heteroatoms. The van der Waals surface area contributed by atoms with Crippen molar-refractivity contribution in [3.8, 4) is 5.75 Å². The number of nitrogens with one attached hydrogen (secondary N) is 1. The first-order valence-corrected chi connectivity index (χ1v) is 6.12. The summed E-state index contributed by atoms with van der Waals surface area (Å²) < 4.78 is 29.1. The lowest BCUT2D eigenvalue weighted by Crippen LogP contribution is -2.35. The number of halogens is 4. The number of ether oxygens (including phenoxy) is 1. The predicted molar refractivity (Wildman–Crippen MR) is 69.7 cm³/mol. The standard InChI is InChI=1S/C12H15Cl2F2NO/c1-12(2,3)17-6-7-4-8(13)5-9(14)10(7)18-11(15)16/h4-5,11,17H,6H2,1-3H3. The summed E-state index contributed by atoms with van der Waals surface area (Å²) in [4.78, 5) is 0. The van der Waals surface area contributed by atoms with Crippen LogP contribution >= 0.6 is 23.2 Å². The first kappa shape index (κ1) is 15.5. The summed E-state index contributed by atoms with van der Waals surface area (Å²) >= 11 is 11.7. The molecule has 0 unspecified atom stereocenters. The van der Waals surface area contributed by atoms with Crippen LogP contribution in [0.2, 0.25) is 10.0 Å². The van der Waals surface area contributed by atoms with Crippen molar-refractivity contribution in [1.29, 1.82) is 0 Å². The topological polar surface area (TPSA) is 21.3 Å². The van der Waals surface area contributed by atoms with Gasteiger partial charge in [0.15, 0.2) is 0 Å². The Labute approximate surface area is 115 Å². The Morgan fingerprint density at radius 2 is 1.89 bits per heavy atom. The van der Waals surface area contributed by atoms with Gasteiger partial charge < -0.3 is 10.1 Å². The van der Waals surface area contributed by atoms with Crippen LogP contribution in [0.15, 0.2) is 12.1 Å². The summed E-state index contributed by atoms with van der Waals surface area (Å²) in [5, 5.41) is 3.62. The van der Waals surface area contributed by atoms with Gasteiger partial charge in [0.05, 0.1) is 5.02 Å². The number of hydrogen-bond acceptors (Lipinski definition) is 2. The SMILES string of the molecule is CC(C)(C)NCc1cc(Cl)cc(Cl)c1OC(F)F. The molecule has 0 aliphatic carbocycles. The normalized spacial score (nSPS) is 12.0. The summed E-state index contributed by atoms with van der Waals surface area (Å²) in [6, 6.07) is 2.94. The zero-order chi connectivity index (χ0) is 13.9. The van der Waals surface area contributed by atoms with Crippen LogP contribution in [-0.2, 0) is 6.54 Å². The fraction of sp³-hybridized carbons (Fsp3) is 0.500. The summed E-state index contributed by atoms with van der Waals surface area (Å²) in [5.74, 6) is -0.0344. The van der Waals surface area contributed by atoms with Gasteiger partial charge in [-0.15, -0.1) is 0 Å². The van der Waals surface area contributed by atoms with Crippen LogP contribution in [-0.4, -0.2) is 12.2 Å². The molecule has 0 amide bonds. The summed E-state index contributed by atoms with van der Waals surface area (Å²) in [7, 11) is 0. The van der Waals surface area contributed by atoms with E-state index in [1.807, 2.05) is 20.8 Å². The average molecular weight is 298 g/mol. The maximum atomic E-state index is 12.3. The molecule has 1 aromatic carbocycles. The summed E-state index contributed by atoms with van der Waals surface area (Å²) in [6.07, 6.45) is 0. The van der Waals surface area contributed by atoms with E-state index in [0.29, 0.717) is 17.1 Å². The molecule has 102 valence electrons. The molecule has 1 N–H and O–H groups in total. The van der Waals surface area contributed by atoms with Crippen LogP contribution in [0.1, 0.15) is 26.3 Å². The van der Waals surface area contributed by atoms with E-state index in [2.05, 4.69) is 10.1 Å². The molecule has 0 fully saturated rings. The van der Waals surface area contributed by atoms with Crippen LogP contribution in [0.25, 0.3) is 0 Å². The second-order valence-electron chi connectivity index (χ2n) is 4.86. The van der Waals surface area contributed by atoms with E-state index in [4.69, 9.17) is 23.2 Å².